The fraction of sp³-hybridized carbons (Fsp3) is 0.765. The number of hydrogen-bond acceptors (Lipinski definition) is 9. The number of amides is 1. The van der Waals surface area contributed by atoms with E-state index in [0.717, 1.165) is 10.9 Å². The van der Waals surface area contributed by atoms with Crippen molar-refractivity contribution in [2.24, 2.45) is 5.92 Å². The van der Waals surface area contributed by atoms with Crippen LogP contribution in [0.5, 0.6) is 0 Å². The van der Waals surface area contributed by atoms with E-state index in [1.165, 1.54) is 21.0 Å². The first-order chi connectivity index (χ1) is 14.5. The Labute approximate surface area is 175 Å². The lowest BCUT2D eigenvalue weighted by atomic mass is 9.85. The number of nitrogens with zero attached hydrogens (tertiary/aromatic N) is 3. The number of carboxylic acid groups (broad SMARTS) is 1. The average molecular weight is 452 g/mol. The highest BCUT2D eigenvalue weighted by molar-refractivity contribution is 5.79. The Morgan fingerprint density at radius 2 is 2.06 bits per heavy atom. The Balaban J connectivity index is 2.61. The largest absolute Gasteiger partial charge is 0.477 e. The molecule has 1 aliphatic heterocycles. The molecule has 0 saturated carbocycles. The Morgan fingerprint density at radius 1 is 1.42 bits per heavy atom. The van der Waals surface area contributed by atoms with Crippen LogP contribution in [0, 0.1) is 5.92 Å². The fourth-order valence-electron chi connectivity index (χ4n) is 3.18. The van der Waals surface area contributed by atoms with Gasteiger partial charge in [0.1, 0.15) is 30.0 Å². The molecule has 0 aromatic carbocycles. The summed E-state index contributed by atoms with van der Waals surface area (Å²) in [4.78, 5) is 23.9. The zero-order valence-corrected chi connectivity index (χ0v) is 17.1. The predicted octanol–water partition coefficient (Wildman–Crippen LogP) is -1.69. The van der Waals surface area contributed by atoms with Gasteiger partial charge in [-0.3, -0.25) is 4.79 Å². The third-order valence-electron chi connectivity index (χ3n) is 4.88. The van der Waals surface area contributed by atoms with E-state index in [9.17, 15) is 24.9 Å². The van der Waals surface area contributed by atoms with Gasteiger partial charge in [-0.05, 0) is 0 Å². The summed E-state index contributed by atoms with van der Waals surface area (Å²) >= 11 is 0. The van der Waals surface area contributed by atoms with Crippen LogP contribution in [0.4, 0.5) is 8.78 Å². The number of hydrogen-bond donors (Lipinski definition) is 5. The molecule has 2 rings (SSSR count). The zero-order chi connectivity index (χ0) is 23.5. The topological polar surface area (TPSA) is 176 Å². The quantitative estimate of drug-likeness (QED) is 0.290. The monoisotopic (exact) mass is 452 g/mol. The van der Waals surface area contributed by atoms with Crippen molar-refractivity contribution in [2.75, 3.05) is 13.7 Å². The molecule has 1 aromatic heterocycles. The van der Waals surface area contributed by atoms with Crippen LogP contribution in [-0.2, 0) is 25.7 Å². The predicted molar refractivity (Wildman–Crippen MR) is 96.9 cm³/mol. The molecular weight excluding hydrogens is 426 g/mol. The summed E-state index contributed by atoms with van der Waals surface area (Å²) in [6, 6.07) is -3.44. The first kappa shape index (κ1) is 25.0. The van der Waals surface area contributed by atoms with Crippen LogP contribution in [0.2, 0.25) is 0 Å². The summed E-state index contributed by atoms with van der Waals surface area (Å²) < 4.78 is 40.9. The summed E-state index contributed by atoms with van der Waals surface area (Å²) in [5.74, 6) is -7.57. The molecule has 1 aliphatic rings. The van der Waals surface area contributed by atoms with Gasteiger partial charge >= 0.3 is 11.8 Å². The highest BCUT2D eigenvalue weighted by Gasteiger charge is 2.64. The van der Waals surface area contributed by atoms with E-state index < -0.39 is 66.8 Å². The van der Waals surface area contributed by atoms with Crippen LogP contribution >= 0.6 is 0 Å². The van der Waals surface area contributed by atoms with E-state index in [2.05, 4.69) is 15.6 Å². The van der Waals surface area contributed by atoms with Crippen LogP contribution in [0.25, 0.3) is 0 Å². The average Bonchev–Trinajstić information content (AvgIpc) is 3.17. The van der Waals surface area contributed by atoms with Gasteiger partial charge in [-0.25, -0.2) is 13.9 Å². The van der Waals surface area contributed by atoms with Crippen molar-refractivity contribution in [2.45, 2.75) is 62.9 Å². The molecule has 5 N–H and O–H groups in total. The van der Waals surface area contributed by atoms with Gasteiger partial charge < -0.3 is 35.2 Å². The van der Waals surface area contributed by atoms with Gasteiger partial charge in [-0.2, -0.15) is 4.39 Å². The first-order valence-corrected chi connectivity index (χ1v) is 9.39. The maximum Gasteiger partial charge on any atom is 0.372 e. The van der Waals surface area contributed by atoms with Crippen molar-refractivity contribution in [1.29, 1.82) is 0 Å². The standard InChI is InChI=1S/C17H26F2N4O8/c1-7(2)15(27)20-10-11(23-4-8(6-30-3)21-22-23)14(18)17(19,16(28)29)31-13(10)12(26)9(25)5-24/h4,7,9-14,24-26H,5-6H2,1-3H3,(H,20,27)(H,28,29)/t9-,10-,11?,12-,13?,14+,17-/m1/s1. The molecule has 12 nitrogen and oxygen atoms in total. The number of carbonyl (C=O) groups is 2. The number of aliphatic hydroxyl groups is 3. The second-order valence-corrected chi connectivity index (χ2v) is 7.48. The van der Waals surface area contributed by atoms with Crippen molar-refractivity contribution in [3.05, 3.63) is 11.9 Å². The number of aliphatic carboxylic acids is 1. The number of ether oxygens (including phenoxy) is 2. The number of halogens is 2. The third kappa shape index (κ3) is 4.98. The van der Waals surface area contributed by atoms with Crippen LogP contribution in [0.3, 0.4) is 0 Å². The summed E-state index contributed by atoms with van der Waals surface area (Å²) in [5.41, 5.74) is 0.197. The Hall–Kier alpha value is -2.26. The van der Waals surface area contributed by atoms with Gasteiger partial charge in [-0.15, -0.1) is 5.10 Å². The van der Waals surface area contributed by atoms with Crippen LogP contribution in [-0.4, -0.2) is 97.4 Å². The van der Waals surface area contributed by atoms with Gasteiger partial charge in [0.2, 0.25) is 5.91 Å². The van der Waals surface area contributed by atoms with Crippen molar-refractivity contribution >= 4 is 11.9 Å². The molecule has 1 saturated heterocycles. The molecular formula is C17H26F2N4O8. The first-order valence-electron chi connectivity index (χ1n) is 9.39. The molecule has 0 bridgehead atoms. The number of aromatic nitrogens is 3. The normalized spacial score (nSPS) is 30.7. The SMILES string of the molecule is COCc1cn(C2[C@@H](NC(=O)C(C)C)C([C@H](O)[C@H](O)CO)O[C@@](F)(C(=O)O)[C@H]2F)nn1. The molecule has 0 radical (unpaired) electrons. The Morgan fingerprint density at radius 3 is 2.58 bits per heavy atom. The Bertz CT molecular complexity index is 781. The number of carboxylic acids is 1. The lowest BCUT2D eigenvalue weighted by molar-refractivity contribution is -0.283. The van der Waals surface area contributed by atoms with Crippen molar-refractivity contribution in [1.82, 2.24) is 20.3 Å². The second-order valence-electron chi connectivity index (χ2n) is 7.48. The van der Waals surface area contributed by atoms with E-state index in [1.54, 1.807) is 0 Å². The highest BCUT2D eigenvalue weighted by Crippen LogP contribution is 2.41. The summed E-state index contributed by atoms with van der Waals surface area (Å²) in [6.07, 6.45) is -7.71. The van der Waals surface area contributed by atoms with Gasteiger partial charge in [-0.1, -0.05) is 19.1 Å². The molecule has 31 heavy (non-hydrogen) atoms. The number of carbonyl (C=O) groups excluding carboxylic acids is 1. The molecule has 7 atom stereocenters. The zero-order valence-electron chi connectivity index (χ0n) is 17.1. The summed E-state index contributed by atoms with van der Waals surface area (Å²) in [5, 5.41) is 48.5. The molecule has 176 valence electrons. The maximum atomic E-state index is 15.3. The third-order valence-corrected chi connectivity index (χ3v) is 4.88. The molecule has 1 aromatic rings. The fourth-order valence-corrected chi connectivity index (χ4v) is 3.18. The number of aliphatic hydroxyl groups excluding tert-OH is 3. The van der Waals surface area contributed by atoms with Crippen LogP contribution in [0.1, 0.15) is 25.6 Å². The van der Waals surface area contributed by atoms with Gasteiger partial charge in [0.15, 0.2) is 6.17 Å². The maximum absolute atomic E-state index is 15.3. The van der Waals surface area contributed by atoms with Crippen molar-refractivity contribution < 1.29 is 48.3 Å². The summed E-state index contributed by atoms with van der Waals surface area (Å²) in [6.45, 7) is 1.98. The number of alkyl halides is 2. The van der Waals surface area contributed by atoms with E-state index in [4.69, 9.17) is 14.6 Å². The van der Waals surface area contributed by atoms with Crippen molar-refractivity contribution in [3.8, 4) is 0 Å². The lowest BCUT2D eigenvalue weighted by Crippen LogP contribution is -2.69. The molecule has 2 unspecified atom stereocenters. The Kier molecular flexibility index (Phi) is 7.99. The smallest absolute Gasteiger partial charge is 0.372 e. The molecule has 2 heterocycles. The lowest BCUT2D eigenvalue weighted by Gasteiger charge is -2.47. The van der Waals surface area contributed by atoms with Crippen LogP contribution < -0.4 is 5.32 Å². The van der Waals surface area contributed by atoms with Gasteiger partial charge in [0.25, 0.3) is 0 Å². The van der Waals surface area contributed by atoms with E-state index >= 15 is 8.78 Å². The van der Waals surface area contributed by atoms with Crippen molar-refractivity contribution in [3.63, 3.8) is 0 Å². The molecule has 1 amide bonds. The van der Waals surface area contributed by atoms with Crippen LogP contribution in [0.15, 0.2) is 6.20 Å². The van der Waals surface area contributed by atoms with Gasteiger partial charge in [0.05, 0.1) is 25.5 Å². The number of nitrogens with one attached hydrogen (secondary N) is 1. The minimum absolute atomic E-state index is 0.0435. The number of methoxy groups -OCH3 is 1. The molecule has 0 spiro atoms. The van der Waals surface area contributed by atoms with Gasteiger partial charge in [0, 0.05) is 13.0 Å². The minimum Gasteiger partial charge on any atom is -0.477 e. The highest BCUT2D eigenvalue weighted by atomic mass is 19.2. The van der Waals surface area contributed by atoms with E-state index in [0.29, 0.717) is 0 Å². The number of rotatable bonds is 9. The molecule has 0 aliphatic carbocycles. The minimum atomic E-state index is -3.96. The summed E-state index contributed by atoms with van der Waals surface area (Å²) in [7, 11) is 1.36. The van der Waals surface area contributed by atoms with E-state index in [1.807, 2.05) is 0 Å². The molecule has 1 fully saturated rings. The van der Waals surface area contributed by atoms with E-state index in [-0.39, 0.29) is 12.3 Å². The second kappa shape index (κ2) is 9.91. The molecule has 14 heteroatoms.